The molecule has 0 radical (unpaired) electrons. The van der Waals surface area contributed by atoms with Crippen LogP contribution in [0.1, 0.15) is 12.0 Å². The fourth-order valence-electron chi connectivity index (χ4n) is 5.89. The third-order valence-corrected chi connectivity index (χ3v) is 7.90. The number of hydrogen-bond acceptors (Lipinski definition) is 10. The quantitative estimate of drug-likeness (QED) is 0.269. The van der Waals surface area contributed by atoms with Crippen LogP contribution in [0.3, 0.4) is 0 Å². The van der Waals surface area contributed by atoms with Crippen molar-refractivity contribution < 1.29 is 14.2 Å². The van der Waals surface area contributed by atoms with E-state index >= 15 is 0 Å². The molecule has 40 heavy (non-hydrogen) atoms. The zero-order valence-electron chi connectivity index (χ0n) is 22.4. The normalized spacial score (nSPS) is 18.8. The highest BCUT2D eigenvalue weighted by molar-refractivity contribution is 6.06. The lowest BCUT2D eigenvalue weighted by molar-refractivity contribution is -0.00876. The lowest BCUT2D eigenvalue weighted by atomic mass is 9.87. The van der Waals surface area contributed by atoms with Gasteiger partial charge in [0.05, 0.1) is 30.8 Å². The third kappa shape index (κ3) is 4.25. The highest BCUT2D eigenvalue weighted by Gasteiger charge is 2.44. The molecule has 0 spiro atoms. The summed E-state index contributed by atoms with van der Waals surface area (Å²) in [6, 6.07) is 11.2. The Labute approximate surface area is 230 Å². The van der Waals surface area contributed by atoms with Gasteiger partial charge in [-0.2, -0.15) is 5.10 Å². The molecule has 2 unspecified atom stereocenters. The van der Waals surface area contributed by atoms with Gasteiger partial charge in [0.1, 0.15) is 18.2 Å². The van der Waals surface area contributed by atoms with Gasteiger partial charge in [-0.15, -0.1) is 5.10 Å². The number of piperazine rings is 1. The molecular formula is C28H31N9O3. The van der Waals surface area contributed by atoms with Crippen molar-refractivity contribution in [2.45, 2.75) is 25.0 Å². The predicted molar refractivity (Wildman–Crippen MR) is 151 cm³/mol. The predicted octanol–water partition coefficient (Wildman–Crippen LogP) is 2.75. The van der Waals surface area contributed by atoms with Crippen molar-refractivity contribution in [1.82, 2.24) is 34.7 Å². The summed E-state index contributed by atoms with van der Waals surface area (Å²) >= 11 is 0. The fraction of sp³-hybridized carbons (Fsp3) is 0.357. The molecule has 8 heterocycles. The minimum absolute atomic E-state index is 0.409. The van der Waals surface area contributed by atoms with Crippen molar-refractivity contribution in [3.63, 3.8) is 0 Å². The average molecular weight is 542 g/mol. The molecule has 0 amide bonds. The van der Waals surface area contributed by atoms with Crippen molar-refractivity contribution >= 4 is 28.2 Å². The van der Waals surface area contributed by atoms with E-state index in [1.54, 1.807) is 18.7 Å². The summed E-state index contributed by atoms with van der Waals surface area (Å²) in [4.78, 5) is 14.2. The van der Waals surface area contributed by atoms with Crippen LogP contribution in [-0.4, -0.2) is 87.3 Å². The lowest BCUT2D eigenvalue weighted by Crippen LogP contribution is -2.68. The van der Waals surface area contributed by atoms with Gasteiger partial charge in [0, 0.05) is 68.4 Å². The molecule has 2 atom stereocenters. The number of methoxy groups -OCH3 is 2. The van der Waals surface area contributed by atoms with Gasteiger partial charge in [-0.25, -0.2) is 14.5 Å². The number of ether oxygens (including phenoxy) is 3. The Hall–Kier alpha value is -4.42. The number of nitrogens with zero attached hydrogens (tertiary/aromatic N) is 7. The maximum absolute atomic E-state index is 6.20. The second kappa shape index (κ2) is 9.96. The standard InChI is InChI=1S/C28H31N9O3/c1-38-7-8-40-21-10-22(26-25-27(29)32-33-28(25)34-37(26)16-21)18-4-5-23(30-12-18)35-14-19-9-20(15-35)36(19)13-17-3-6-24(39-2)31-11-17/h3-6,10-12,16,19-20H,7-9,13-15H2,1-2H3,(H2,29,32)(H,33,34). The summed E-state index contributed by atoms with van der Waals surface area (Å²) in [6.07, 6.45) is 6.89. The highest BCUT2D eigenvalue weighted by atomic mass is 16.5. The number of H-pyrrole nitrogens is 1. The number of anilines is 2. The van der Waals surface area contributed by atoms with Gasteiger partial charge >= 0.3 is 0 Å². The summed E-state index contributed by atoms with van der Waals surface area (Å²) in [6.45, 7) is 3.74. The molecule has 12 heteroatoms. The summed E-state index contributed by atoms with van der Waals surface area (Å²) < 4.78 is 18.0. The second-order valence-corrected chi connectivity index (χ2v) is 10.3. The third-order valence-electron chi connectivity index (χ3n) is 7.90. The number of aromatic nitrogens is 6. The molecule has 206 valence electrons. The largest absolute Gasteiger partial charge is 0.490 e. The number of nitrogens with one attached hydrogen (secondary N) is 1. The first kappa shape index (κ1) is 24.6. The van der Waals surface area contributed by atoms with Crippen LogP contribution < -0.4 is 20.1 Å². The number of fused-ring (bicyclic) bond motifs is 5. The van der Waals surface area contributed by atoms with Crippen LogP contribution in [-0.2, 0) is 11.3 Å². The Balaban J connectivity index is 1.12. The Morgan fingerprint density at radius 3 is 2.65 bits per heavy atom. The molecule has 5 aromatic heterocycles. The molecular weight excluding hydrogens is 510 g/mol. The first-order chi connectivity index (χ1) is 19.6. The molecule has 3 saturated heterocycles. The van der Waals surface area contributed by atoms with E-state index in [-0.39, 0.29) is 0 Å². The highest BCUT2D eigenvalue weighted by Crippen LogP contribution is 2.37. The Morgan fingerprint density at radius 1 is 1.05 bits per heavy atom. The van der Waals surface area contributed by atoms with E-state index in [1.807, 2.05) is 30.7 Å². The maximum atomic E-state index is 6.20. The minimum Gasteiger partial charge on any atom is -0.490 e. The van der Waals surface area contributed by atoms with E-state index in [4.69, 9.17) is 24.9 Å². The first-order valence-electron chi connectivity index (χ1n) is 13.3. The van der Waals surface area contributed by atoms with Gasteiger partial charge in [-0.1, -0.05) is 6.07 Å². The van der Waals surface area contributed by atoms with Gasteiger partial charge in [0.2, 0.25) is 5.88 Å². The van der Waals surface area contributed by atoms with Gasteiger partial charge in [0.15, 0.2) is 11.5 Å². The number of piperidine rings is 1. The van der Waals surface area contributed by atoms with E-state index in [2.05, 4.69) is 48.3 Å². The van der Waals surface area contributed by atoms with Gasteiger partial charge in [-0.3, -0.25) is 10.00 Å². The molecule has 0 aliphatic carbocycles. The molecule has 0 saturated carbocycles. The van der Waals surface area contributed by atoms with Crippen LogP contribution >= 0.6 is 0 Å². The minimum atomic E-state index is 0.409. The van der Waals surface area contributed by atoms with E-state index < -0.39 is 0 Å². The first-order valence-corrected chi connectivity index (χ1v) is 13.3. The van der Waals surface area contributed by atoms with Crippen molar-refractivity contribution in [3.05, 3.63) is 54.5 Å². The SMILES string of the molecule is COCCOc1cc(-c2ccc(N3CC4CC(C3)N4Cc3ccc(OC)nc3)nc2)c2c3c(N)n[nH]c3nn2c1. The number of aromatic amines is 1. The van der Waals surface area contributed by atoms with E-state index in [0.29, 0.717) is 48.4 Å². The lowest BCUT2D eigenvalue weighted by Gasteiger charge is -2.56. The summed E-state index contributed by atoms with van der Waals surface area (Å²) in [5, 5.41) is 12.5. The number of pyridine rings is 3. The Kier molecular flexibility index (Phi) is 6.13. The van der Waals surface area contributed by atoms with Crippen molar-refractivity contribution in [2.75, 3.05) is 51.2 Å². The average Bonchev–Trinajstić information content (AvgIpc) is 3.55. The molecule has 0 aromatic carbocycles. The van der Waals surface area contributed by atoms with Crippen LogP contribution in [0.25, 0.3) is 27.7 Å². The number of rotatable bonds is 9. The van der Waals surface area contributed by atoms with Crippen LogP contribution in [0, 0.1) is 0 Å². The van der Waals surface area contributed by atoms with Gasteiger partial charge < -0.3 is 24.8 Å². The van der Waals surface area contributed by atoms with Crippen LogP contribution in [0.15, 0.2) is 48.9 Å². The van der Waals surface area contributed by atoms with Crippen molar-refractivity contribution in [2.24, 2.45) is 0 Å². The number of nitrogen functional groups attached to an aromatic ring is 1. The maximum Gasteiger partial charge on any atom is 0.212 e. The number of nitrogens with two attached hydrogens (primary N) is 1. The number of hydrogen-bond donors (Lipinski definition) is 2. The topological polar surface area (TPSA) is 132 Å². The summed E-state index contributed by atoms with van der Waals surface area (Å²) in [5.74, 6) is 2.72. The van der Waals surface area contributed by atoms with Gasteiger partial charge in [-0.05, 0) is 30.2 Å². The van der Waals surface area contributed by atoms with Gasteiger partial charge in [0.25, 0.3) is 0 Å². The second-order valence-electron chi connectivity index (χ2n) is 10.3. The van der Waals surface area contributed by atoms with Crippen LogP contribution in [0.2, 0.25) is 0 Å². The molecule has 3 aliphatic rings. The van der Waals surface area contributed by atoms with Crippen LogP contribution in [0.5, 0.6) is 11.6 Å². The van der Waals surface area contributed by atoms with E-state index in [1.165, 1.54) is 12.0 Å². The molecule has 12 nitrogen and oxygen atoms in total. The molecule has 2 bridgehead atoms. The summed E-state index contributed by atoms with van der Waals surface area (Å²) in [5.41, 5.74) is 10.8. The molecule has 3 N–H and O–H groups in total. The molecule has 3 fully saturated rings. The van der Waals surface area contributed by atoms with Crippen LogP contribution in [0.4, 0.5) is 11.6 Å². The Bertz CT molecular complexity index is 1640. The van der Waals surface area contributed by atoms with Crippen molar-refractivity contribution in [3.8, 4) is 22.8 Å². The monoisotopic (exact) mass is 541 g/mol. The fourth-order valence-corrected chi connectivity index (χ4v) is 5.89. The zero-order chi connectivity index (χ0) is 27.2. The smallest absolute Gasteiger partial charge is 0.212 e. The zero-order valence-corrected chi connectivity index (χ0v) is 22.4. The molecule has 3 aliphatic heterocycles. The summed E-state index contributed by atoms with van der Waals surface area (Å²) in [7, 11) is 3.29. The Morgan fingerprint density at radius 2 is 1.93 bits per heavy atom. The van der Waals surface area contributed by atoms with E-state index in [0.717, 1.165) is 47.5 Å². The van der Waals surface area contributed by atoms with Crippen molar-refractivity contribution in [1.29, 1.82) is 0 Å². The molecule has 5 aromatic rings. The molecule has 8 rings (SSSR count). The van der Waals surface area contributed by atoms with E-state index in [9.17, 15) is 0 Å².